The third-order valence-corrected chi connectivity index (χ3v) is 5.38. The van der Waals surface area contributed by atoms with Crippen LogP contribution in [0.1, 0.15) is 25.3 Å². The summed E-state index contributed by atoms with van der Waals surface area (Å²) < 4.78 is 6.90. The van der Waals surface area contributed by atoms with Crippen LogP contribution >= 0.6 is 0 Å². The molecule has 1 aliphatic heterocycles. The van der Waals surface area contributed by atoms with Gasteiger partial charge in [0.25, 0.3) is 0 Å². The summed E-state index contributed by atoms with van der Waals surface area (Å²) >= 11 is 0. The number of anilines is 2. The lowest BCUT2D eigenvalue weighted by atomic mass is 9.99. The van der Waals surface area contributed by atoms with Crippen LogP contribution in [0.5, 0.6) is 5.75 Å². The van der Waals surface area contributed by atoms with Crippen molar-refractivity contribution in [3.05, 3.63) is 54.7 Å². The number of hydrogen-bond acceptors (Lipinski definition) is 6. The number of carbonyl (C=O) groups is 1. The summed E-state index contributed by atoms with van der Waals surface area (Å²) in [6, 6.07) is 7.49. The maximum atomic E-state index is 12.4. The molecule has 1 aromatic carbocycles. The third kappa shape index (κ3) is 4.59. The van der Waals surface area contributed by atoms with Gasteiger partial charge in [0, 0.05) is 13.1 Å². The molecule has 1 fully saturated rings. The zero-order valence-corrected chi connectivity index (χ0v) is 17.3. The summed E-state index contributed by atoms with van der Waals surface area (Å²) in [5, 5.41) is 7.31. The minimum atomic E-state index is -0.115. The molecule has 8 heteroatoms. The van der Waals surface area contributed by atoms with Gasteiger partial charge in [0.05, 0.1) is 37.8 Å². The first-order chi connectivity index (χ1) is 14.6. The number of carbonyl (C=O) groups excluding carboxylic acids is 1. The van der Waals surface area contributed by atoms with Gasteiger partial charge in [-0.05, 0) is 36.5 Å². The number of aromatic nitrogens is 4. The van der Waals surface area contributed by atoms with Crippen LogP contribution in [0.2, 0.25) is 0 Å². The lowest BCUT2D eigenvalue weighted by molar-refractivity contribution is -0.115. The Morgan fingerprint density at radius 3 is 2.90 bits per heavy atom. The van der Waals surface area contributed by atoms with Gasteiger partial charge in [-0.3, -0.25) is 4.79 Å². The average Bonchev–Trinajstić information content (AvgIpc) is 3.22. The van der Waals surface area contributed by atoms with Crippen molar-refractivity contribution in [2.45, 2.75) is 26.2 Å². The quantitative estimate of drug-likeness (QED) is 0.677. The van der Waals surface area contributed by atoms with E-state index in [4.69, 9.17) is 4.74 Å². The van der Waals surface area contributed by atoms with Crippen molar-refractivity contribution in [2.24, 2.45) is 5.92 Å². The van der Waals surface area contributed by atoms with Crippen LogP contribution in [0.3, 0.4) is 0 Å². The monoisotopic (exact) mass is 406 g/mol. The number of piperidine rings is 1. The van der Waals surface area contributed by atoms with E-state index in [1.807, 2.05) is 30.5 Å². The SMILES string of the molecule is COc1cccc(CC(=O)Nc2cnn(-c3ncncc3N3CCC(C)CC3)c2)c1. The molecule has 2 aromatic heterocycles. The molecule has 1 amide bonds. The van der Waals surface area contributed by atoms with Gasteiger partial charge >= 0.3 is 0 Å². The van der Waals surface area contributed by atoms with Gasteiger partial charge in [-0.1, -0.05) is 19.1 Å². The van der Waals surface area contributed by atoms with Gasteiger partial charge in [0.15, 0.2) is 5.82 Å². The van der Waals surface area contributed by atoms with Crippen molar-refractivity contribution in [1.29, 1.82) is 0 Å². The minimum absolute atomic E-state index is 0.115. The molecule has 3 aromatic rings. The third-order valence-electron chi connectivity index (χ3n) is 5.38. The number of rotatable bonds is 6. The van der Waals surface area contributed by atoms with E-state index in [0.29, 0.717) is 11.5 Å². The first-order valence-corrected chi connectivity index (χ1v) is 10.1. The maximum absolute atomic E-state index is 12.4. The van der Waals surface area contributed by atoms with Gasteiger partial charge in [0.2, 0.25) is 5.91 Å². The van der Waals surface area contributed by atoms with E-state index in [9.17, 15) is 4.79 Å². The maximum Gasteiger partial charge on any atom is 0.228 e. The van der Waals surface area contributed by atoms with Crippen LogP contribution in [0.25, 0.3) is 5.82 Å². The van der Waals surface area contributed by atoms with Crippen molar-refractivity contribution in [1.82, 2.24) is 19.7 Å². The fourth-order valence-electron chi connectivity index (χ4n) is 3.64. The Morgan fingerprint density at radius 2 is 2.10 bits per heavy atom. The highest BCUT2D eigenvalue weighted by atomic mass is 16.5. The molecule has 3 heterocycles. The predicted molar refractivity (Wildman–Crippen MR) is 115 cm³/mol. The predicted octanol–water partition coefficient (Wildman–Crippen LogP) is 3.09. The van der Waals surface area contributed by atoms with Crippen molar-refractivity contribution >= 4 is 17.3 Å². The number of ether oxygens (including phenoxy) is 1. The van der Waals surface area contributed by atoms with Crippen LogP contribution in [-0.2, 0) is 11.2 Å². The molecule has 0 saturated carbocycles. The van der Waals surface area contributed by atoms with Crippen LogP contribution in [0, 0.1) is 5.92 Å². The van der Waals surface area contributed by atoms with Gasteiger partial charge < -0.3 is 15.0 Å². The van der Waals surface area contributed by atoms with Crippen molar-refractivity contribution in [3.8, 4) is 11.6 Å². The number of hydrogen-bond donors (Lipinski definition) is 1. The molecule has 30 heavy (non-hydrogen) atoms. The molecule has 0 radical (unpaired) electrons. The topological polar surface area (TPSA) is 85.2 Å². The smallest absolute Gasteiger partial charge is 0.228 e. The van der Waals surface area contributed by atoms with E-state index in [0.717, 1.165) is 48.8 Å². The number of nitrogens with zero attached hydrogens (tertiary/aromatic N) is 5. The Bertz CT molecular complexity index is 1010. The Labute approximate surface area is 175 Å². The van der Waals surface area contributed by atoms with Gasteiger partial charge in [-0.25, -0.2) is 14.6 Å². The Morgan fingerprint density at radius 1 is 1.27 bits per heavy atom. The number of methoxy groups -OCH3 is 1. The van der Waals surface area contributed by atoms with E-state index < -0.39 is 0 Å². The average molecular weight is 406 g/mol. The van der Waals surface area contributed by atoms with Gasteiger partial charge in [-0.15, -0.1) is 0 Å². The minimum Gasteiger partial charge on any atom is -0.497 e. The molecule has 8 nitrogen and oxygen atoms in total. The standard InChI is InChI=1S/C22H26N6O2/c1-16-6-8-27(9-7-16)20-13-23-15-24-22(20)28-14-18(12-25-28)26-21(29)11-17-4-3-5-19(10-17)30-2/h3-5,10,12-16H,6-9,11H2,1-2H3,(H,26,29). The summed E-state index contributed by atoms with van der Waals surface area (Å²) in [5.41, 5.74) is 2.47. The molecular formula is C22H26N6O2. The molecule has 1 saturated heterocycles. The summed E-state index contributed by atoms with van der Waals surface area (Å²) in [5.74, 6) is 2.07. The van der Waals surface area contributed by atoms with Gasteiger partial charge in [-0.2, -0.15) is 5.10 Å². The van der Waals surface area contributed by atoms with Crippen LogP contribution < -0.4 is 15.0 Å². The second-order valence-electron chi connectivity index (χ2n) is 7.65. The van der Waals surface area contributed by atoms with Crippen molar-refractivity contribution in [2.75, 3.05) is 30.4 Å². The molecule has 0 bridgehead atoms. The second-order valence-corrected chi connectivity index (χ2v) is 7.65. The van der Waals surface area contributed by atoms with E-state index in [1.54, 1.807) is 24.2 Å². The largest absolute Gasteiger partial charge is 0.497 e. The zero-order chi connectivity index (χ0) is 20.9. The number of nitrogens with one attached hydrogen (secondary N) is 1. The summed E-state index contributed by atoms with van der Waals surface area (Å²) in [4.78, 5) is 23.4. The first kappa shape index (κ1) is 19.9. The van der Waals surface area contributed by atoms with E-state index >= 15 is 0 Å². The normalized spacial score (nSPS) is 14.5. The molecule has 156 valence electrons. The second kappa shape index (κ2) is 8.94. The van der Waals surface area contributed by atoms with Crippen molar-refractivity contribution in [3.63, 3.8) is 0 Å². The lowest BCUT2D eigenvalue weighted by Crippen LogP contribution is -2.33. The summed E-state index contributed by atoms with van der Waals surface area (Å²) in [6.07, 6.45) is 9.33. The Kier molecular flexibility index (Phi) is 5.92. The number of amides is 1. The zero-order valence-electron chi connectivity index (χ0n) is 17.3. The Balaban J connectivity index is 1.46. The van der Waals surface area contributed by atoms with E-state index in [2.05, 4.69) is 32.2 Å². The molecule has 0 aliphatic carbocycles. The fourth-order valence-corrected chi connectivity index (χ4v) is 3.64. The molecule has 0 unspecified atom stereocenters. The summed E-state index contributed by atoms with van der Waals surface area (Å²) in [6.45, 7) is 4.24. The highest BCUT2D eigenvalue weighted by Gasteiger charge is 2.20. The molecule has 4 rings (SSSR count). The number of benzene rings is 1. The Hall–Kier alpha value is -3.42. The highest BCUT2D eigenvalue weighted by Crippen LogP contribution is 2.27. The molecular weight excluding hydrogens is 380 g/mol. The van der Waals surface area contributed by atoms with Crippen LogP contribution in [0.4, 0.5) is 11.4 Å². The highest BCUT2D eigenvalue weighted by molar-refractivity contribution is 5.92. The summed E-state index contributed by atoms with van der Waals surface area (Å²) in [7, 11) is 1.61. The molecule has 0 atom stereocenters. The van der Waals surface area contributed by atoms with Gasteiger partial charge in [0.1, 0.15) is 17.8 Å². The van der Waals surface area contributed by atoms with Crippen LogP contribution in [-0.4, -0.2) is 45.9 Å². The van der Waals surface area contributed by atoms with E-state index in [1.165, 1.54) is 6.33 Å². The fraction of sp³-hybridized carbons (Fsp3) is 0.364. The first-order valence-electron chi connectivity index (χ1n) is 10.1. The van der Waals surface area contributed by atoms with Crippen molar-refractivity contribution < 1.29 is 9.53 Å². The molecule has 1 aliphatic rings. The lowest BCUT2D eigenvalue weighted by Gasteiger charge is -2.32. The van der Waals surface area contributed by atoms with Crippen LogP contribution in [0.15, 0.2) is 49.2 Å². The van der Waals surface area contributed by atoms with E-state index in [-0.39, 0.29) is 12.3 Å². The molecule has 1 N–H and O–H groups in total. The molecule has 0 spiro atoms.